The zero-order valence-electron chi connectivity index (χ0n) is 9.19. The van der Waals surface area contributed by atoms with Gasteiger partial charge in [0.1, 0.15) is 11.5 Å². The minimum atomic E-state index is 0.368. The minimum absolute atomic E-state index is 0.368. The summed E-state index contributed by atoms with van der Waals surface area (Å²) in [6.45, 7) is 0. The molecule has 15 heavy (non-hydrogen) atoms. The third-order valence-electron chi connectivity index (χ3n) is 3.02. The van der Waals surface area contributed by atoms with Crippen LogP contribution < -0.4 is 15.2 Å². The Hall–Kier alpha value is -1.22. The molecule has 82 valence electrons. The first-order chi connectivity index (χ1) is 7.22. The number of nitrogens with two attached hydrogens (primary N) is 1. The summed E-state index contributed by atoms with van der Waals surface area (Å²) in [7, 11) is 3.34. The third-order valence-corrected chi connectivity index (χ3v) is 3.02. The molecule has 0 aromatic heterocycles. The van der Waals surface area contributed by atoms with E-state index in [1.165, 1.54) is 5.56 Å². The largest absolute Gasteiger partial charge is 0.497 e. The Morgan fingerprint density at radius 2 is 1.60 bits per heavy atom. The van der Waals surface area contributed by atoms with Crippen LogP contribution >= 0.6 is 0 Å². The van der Waals surface area contributed by atoms with Crippen molar-refractivity contribution >= 4 is 0 Å². The minimum Gasteiger partial charge on any atom is -0.497 e. The molecule has 2 rings (SSSR count). The molecule has 1 aromatic carbocycles. The smallest absolute Gasteiger partial charge is 0.122 e. The highest BCUT2D eigenvalue weighted by molar-refractivity contribution is 5.40. The number of methoxy groups -OCH3 is 2. The summed E-state index contributed by atoms with van der Waals surface area (Å²) < 4.78 is 10.5. The predicted molar refractivity (Wildman–Crippen MR) is 59.5 cm³/mol. The molecular formula is C12H17NO2. The molecule has 1 saturated carbocycles. The van der Waals surface area contributed by atoms with Crippen molar-refractivity contribution in [1.29, 1.82) is 0 Å². The average Bonchev–Trinajstić information content (AvgIpc) is 2.24. The topological polar surface area (TPSA) is 44.5 Å². The number of benzene rings is 1. The third kappa shape index (κ3) is 2.07. The molecule has 0 bridgehead atoms. The second-order valence-electron chi connectivity index (χ2n) is 4.07. The van der Waals surface area contributed by atoms with Crippen molar-refractivity contribution in [1.82, 2.24) is 0 Å². The Bertz CT molecular complexity index is 323. The van der Waals surface area contributed by atoms with Crippen LogP contribution in [0.2, 0.25) is 0 Å². The van der Waals surface area contributed by atoms with E-state index in [1.807, 2.05) is 6.07 Å². The van der Waals surface area contributed by atoms with Crippen molar-refractivity contribution < 1.29 is 9.47 Å². The molecule has 3 heteroatoms. The highest BCUT2D eigenvalue weighted by Crippen LogP contribution is 2.38. The summed E-state index contributed by atoms with van der Waals surface area (Å²) in [5.74, 6) is 2.28. The van der Waals surface area contributed by atoms with Crippen LogP contribution in [0.1, 0.15) is 24.3 Å². The highest BCUT2D eigenvalue weighted by atomic mass is 16.5. The first kappa shape index (κ1) is 10.3. The molecule has 2 N–H and O–H groups in total. The van der Waals surface area contributed by atoms with Crippen LogP contribution in [0.3, 0.4) is 0 Å². The molecule has 0 atom stereocenters. The molecule has 1 aliphatic rings. The molecule has 1 aliphatic carbocycles. The van der Waals surface area contributed by atoms with Gasteiger partial charge in [-0.1, -0.05) is 0 Å². The second kappa shape index (κ2) is 4.11. The number of hydrogen-bond donors (Lipinski definition) is 1. The molecule has 0 saturated heterocycles. The van der Waals surface area contributed by atoms with Gasteiger partial charge >= 0.3 is 0 Å². The first-order valence-corrected chi connectivity index (χ1v) is 5.21. The maximum absolute atomic E-state index is 5.78. The van der Waals surface area contributed by atoms with E-state index in [0.29, 0.717) is 12.0 Å². The average molecular weight is 207 g/mol. The van der Waals surface area contributed by atoms with Crippen molar-refractivity contribution in [3.63, 3.8) is 0 Å². The van der Waals surface area contributed by atoms with E-state index in [9.17, 15) is 0 Å². The van der Waals surface area contributed by atoms with Gasteiger partial charge in [0.2, 0.25) is 0 Å². The Labute approximate surface area is 90.2 Å². The van der Waals surface area contributed by atoms with Crippen LogP contribution in [0, 0.1) is 0 Å². The van der Waals surface area contributed by atoms with Crippen LogP contribution in [-0.2, 0) is 0 Å². The van der Waals surface area contributed by atoms with Gasteiger partial charge < -0.3 is 15.2 Å². The van der Waals surface area contributed by atoms with E-state index in [2.05, 4.69) is 12.1 Å². The van der Waals surface area contributed by atoms with E-state index in [4.69, 9.17) is 15.2 Å². The summed E-state index contributed by atoms with van der Waals surface area (Å²) in [5, 5.41) is 0. The van der Waals surface area contributed by atoms with Gasteiger partial charge in [-0.3, -0.25) is 0 Å². The van der Waals surface area contributed by atoms with Crippen LogP contribution in [0.5, 0.6) is 11.5 Å². The fraction of sp³-hybridized carbons (Fsp3) is 0.500. The van der Waals surface area contributed by atoms with E-state index in [0.717, 1.165) is 24.3 Å². The van der Waals surface area contributed by atoms with E-state index in [-0.39, 0.29) is 0 Å². The lowest BCUT2D eigenvalue weighted by molar-refractivity contribution is 0.345. The zero-order chi connectivity index (χ0) is 10.8. The SMILES string of the molecule is COc1cc(OC)cc(C2CC(N)C2)c1. The lowest BCUT2D eigenvalue weighted by Gasteiger charge is -2.33. The van der Waals surface area contributed by atoms with Gasteiger partial charge in [0.05, 0.1) is 14.2 Å². The van der Waals surface area contributed by atoms with Crippen molar-refractivity contribution in [2.24, 2.45) is 5.73 Å². The zero-order valence-corrected chi connectivity index (χ0v) is 9.19. The van der Waals surface area contributed by atoms with E-state index in [1.54, 1.807) is 14.2 Å². The highest BCUT2D eigenvalue weighted by Gasteiger charge is 2.27. The van der Waals surface area contributed by atoms with Crippen LogP contribution in [-0.4, -0.2) is 20.3 Å². The molecule has 0 unspecified atom stereocenters. The molecule has 0 spiro atoms. The maximum Gasteiger partial charge on any atom is 0.122 e. The Kier molecular flexibility index (Phi) is 2.82. The fourth-order valence-electron chi connectivity index (χ4n) is 2.00. The van der Waals surface area contributed by atoms with E-state index < -0.39 is 0 Å². The van der Waals surface area contributed by atoms with Crippen molar-refractivity contribution in [2.45, 2.75) is 24.8 Å². The molecule has 0 heterocycles. The normalized spacial score (nSPS) is 24.5. The maximum atomic E-state index is 5.78. The number of rotatable bonds is 3. The van der Waals surface area contributed by atoms with Gasteiger partial charge in [-0.25, -0.2) is 0 Å². The van der Waals surface area contributed by atoms with Crippen molar-refractivity contribution in [3.8, 4) is 11.5 Å². The van der Waals surface area contributed by atoms with Crippen molar-refractivity contribution in [3.05, 3.63) is 23.8 Å². The summed E-state index contributed by atoms with van der Waals surface area (Å²) in [6, 6.07) is 6.40. The standard InChI is InChI=1S/C12H17NO2/c1-14-11-5-9(6-12(7-11)15-2)8-3-10(13)4-8/h5-8,10H,3-4,13H2,1-2H3. The Morgan fingerprint density at radius 1 is 1.07 bits per heavy atom. The summed E-state index contributed by atoms with van der Waals surface area (Å²) in [4.78, 5) is 0. The van der Waals surface area contributed by atoms with E-state index >= 15 is 0 Å². The molecule has 0 radical (unpaired) electrons. The lowest BCUT2D eigenvalue weighted by atomic mass is 9.76. The second-order valence-corrected chi connectivity index (χ2v) is 4.07. The van der Waals surface area contributed by atoms with Gasteiger partial charge in [-0.2, -0.15) is 0 Å². The fourth-order valence-corrected chi connectivity index (χ4v) is 2.00. The quantitative estimate of drug-likeness (QED) is 0.823. The first-order valence-electron chi connectivity index (χ1n) is 5.21. The monoisotopic (exact) mass is 207 g/mol. The summed E-state index contributed by atoms with van der Waals surface area (Å²) in [6.07, 6.45) is 2.13. The Morgan fingerprint density at radius 3 is 2.00 bits per heavy atom. The van der Waals surface area contributed by atoms with Crippen molar-refractivity contribution in [2.75, 3.05) is 14.2 Å². The Balaban J connectivity index is 2.22. The summed E-state index contributed by atoms with van der Waals surface area (Å²) >= 11 is 0. The van der Waals surface area contributed by atoms with Gasteiger partial charge in [-0.05, 0) is 36.5 Å². The molecule has 3 nitrogen and oxygen atoms in total. The van der Waals surface area contributed by atoms with Gasteiger partial charge in [0.25, 0.3) is 0 Å². The molecule has 0 amide bonds. The van der Waals surface area contributed by atoms with Crippen LogP contribution in [0.15, 0.2) is 18.2 Å². The van der Waals surface area contributed by atoms with Gasteiger partial charge in [0, 0.05) is 12.1 Å². The predicted octanol–water partition coefficient (Wildman–Crippen LogP) is 1.91. The molecule has 1 aromatic rings. The molecule has 1 fully saturated rings. The number of hydrogen-bond acceptors (Lipinski definition) is 3. The van der Waals surface area contributed by atoms with Gasteiger partial charge in [-0.15, -0.1) is 0 Å². The summed E-state index contributed by atoms with van der Waals surface area (Å²) in [5.41, 5.74) is 7.06. The lowest BCUT2D eigenvalue weighted by Crippen LogP contribution is -2.34. The van der Waals surface area contributed by atoms with Gasteiger partial charge in [0.15, 0.2) is 0 Å². The number of ether oxygens (including phenoxy) is 2. The van der Waals surface area contributed by atoms with Crippen LogP contribution in [0.25, 0.3) is 0 Å². The molecule has 0 aliphatic heterocycles. The van der Waals surface area contributed by atoms with Crippen LogP contribution in [0.4, 0.5) is 0 Å². The molecular weight excluding hydrogens is 190 g/mol.